The number of anilines is 1. The van der Waals surface area contributed by atoms with E-state index in [4.69, 9.17) is 16.3 Å². The van der Waals surface area contributed by atoms with E-state index >= 15 is 0 Å². The summed E-state index contributed by atoms with van der Waals surface area (Å²) in [7, 11) is 0. The molecule has 1 atom stereocenters. The van der Waals surface area contributed by atoms with E-state index in [1.165, 1.54) is 10.5 Å². The van der Waals surface area contributed by atoms with Gasteiger partial charge >= 0.3 is 0 Å². The van der Waals surface area contributed by atoms with Crippen molar-refractivity contribution in [2.75, 3.05) is 18.4 Å². The highest BCUT2D eigenvalue weighted by molar-refractivity contribution is 8.11. The van der Waals surface area contributed by atoms with Crippen molar-refractivity contribution in [2.24, 2.45) is 0 Å². The van der Waals surface area contributed by atoms with Crippen molar-refractivity contribution < 1.29 is 19.0 Å². The number of carbonyl (C=O) groups excluding carboxylic acids is 1. The summed E-state index contributed by atoms with van der Waals surface area (Å²) in [5.41, 5.74) is 2.81. The first kappa shape index (κ1) is 17.3. The van der Waals surface area contributed by atoms with Gasteiger partial charge in [0, 0.05) is 24.6 Å². The molecule has 1 aromatic carbocycles. The van der Waals surface area contributed by atoms with Gasteiger partial charge in [0.15, 0.2) is 0 Å². The lowest BCUT2D eigenvalue weighted by molar-refractivity contribution is 0.202. The number of aliphatic hydroxyl groups is 1. The zero-order valence-electron chi connectivity index (χ0n) is 12.1. The standard InChI is InChI=1S/C13H17ClFN3O3S/c1-7(2)21-12-4-11(10(15)3-9(12)14)17-13(20)22-18-6-8(19)5-16-18/h3-4,7-8,16,19H,5-6H2,1-2H3,(H,17,20). The molecule has 2 rings (SSSR count). The van der Waals surface area contributed by atoms with E-state index in [0.29, 0.717) is 18.8 Å². The fourth-order valence-electron chi connectivity index (χ4n) is 1.80. The zero-order chi connectivity index (χ0) is 16.3. The fourth-order valence-corrected chi connectivity index (χ4v) is 2.74. The van der Waals surface area contributed by atoms with Crippen molar-refractivity contribution in [3.05, 3.63) is 23.0 Å². The monoisotopic (exact) mass is 349 g/mol. The number of hydrazine groups is 1. The Kier molecular flexibility index (Phi) is 5.87. The van der Waals surface area contributed by atoms with E-state index < -0.39 is 17.2 Å². The molecule has 0 saturated carbocycles. The second-order valence-corrected chi connectivity index (χ2v) is 6.41. The Hall–Kier alpha value is -1.06. The van der Waals surface area contributed by atoms with E-state index in [0.717, 1.165) is 18.0 Å². The first-order valence-corrected chi connectivity index (χ1v) is 7.84. The van der Waals surface area contributed by atoms with Crippen LogP contribution in [0.5, 0.6) is 5.75 Å². The summed E-state index contributed by atoms with van der Waals surface area (Å²) in [6.45, 7) is 4.32. The minimum absolute atomic E-state index is 0.0164. The quantitative estimate of drug-likeness (QED) is 0.726. The van der Waals surface area contributed by atoms with Crippen LogP contribution in [0.4, 0.5) is 14.9 Å². The van der Waals surface area contributed by atoms with Gasteiger partial charge < -0.3 is 15.2 Å². The Morgan fingerprint density at radius 3 is 2.95 bits per heavy atom. The predicted molar refractivity (Wildman–Crippen MR) is 84.5 cm³/mol. The molecule has 1 fully saturated rings. The van der Waals surface area contributed by atoms with Gasteiger partial charge in [0.1, 0.15) is 11.6 Å². The van der Waals surface area contributed by atoms with Crippen LogP contribution in [0.2, 0.25) is 5.02 Å². The zero-order valence-corrected chi connectivity index (χ0v) is 13.7. The van der Waals surface area contributed by atoms with Crippen LogP contribution in [0.3, 0.4) is 0 Å². The van der Waals surface area contributed by atoms with Crippen LogP contribution < -0.4 is 15.5 Å². The summed E-state index contributed by atoms with van der Waals surface area (Å²) in [5.74, 6) is -0.349. The first-order valence-electron chi connectivity index (χ1n) is 6.69. The molecular weight excluding hydrogens is 333 g/mol. The third-order valence-electron chi connectivity index (χ3n) is 2.69. The molecule has 22 heavy (non-hydrogen) atoms. The number of amides is 1. The van der Waals surface area contributed by atoms with Crippen molar-refractivity contribution in [2.45, 2.75) is 26.1 Å². The van der Waals surface area contributed by atoms with Crippen molar-refractivity contribution in [3.63, 3.8) is 0 Å². The van der Waals surface area contributed by atoms with Gasteiger partial charge in [-0.25, -0.2) is 9.82 Å². The van der Waals surface area contributed by atoms with Gasteiger partial charge in [-0.2, -0.15) is 4.41 Å². The van der Waals surface area contributed by atoms with E-state index in [1.54, 1.807) is 0 Å². The maximum absolute atomic E-state index is 13.9. The maximum atomic E-state index is 13.9. The van der Waals surface area contributed by atoms with Gasteiger partial charge in [-0.3, -0.25) is 4.79 Å². The fraction of sp³-hybridized carbons (Fsp3) is 0.462. The minimum Gasteiger partial charge on any atom is -0.489 e. The van der Waals surface area contributed by atoms with Crippen molar-refractivity contribution in [1.29, 1.82) is 0 Å². The number of halogens is 2. The largest absolute Gasteiger partial charge is 0.489 e. The summed E-state index contributed by atoms with van der Waals surface area (Å²) >= 11 is 6.72. The van der Waals surface area contributed by atoms with Crippen molar-refractivity contribution >= 4 is 34.5 Å². The molecule has 3 N–H and O–H groups in total. The molecule has 1 aliphatic rings. The lowest BCUT2D eigenvalue weighted by atomic mass is 10.3. The van der Waals surface area contributed by atoms with E-state index in [1.807, 2.05) is 13.8 Å². The molecule has 0 aliphatic carbocycles. The second kappa shape index (κ2) is 7.47. The van der Waals surface area contributed by atoms with Crippen LogP contribution in [-0.4, -0.2) is 40.1 Å². The Morgan fingerprint density at radius 1 is 1.64 bits per heavy atom. The molecule has 1 saturated heterocycles. The Labute approximate surface area is 137 Å². The molecule has 0 bridgehead atoms. The van der Waals surface area contributed by atoms with Gasteiger partial charge in [-0.1, -0.05) is 11.6 Å². The summed E-state index contributed by atoms with van der Waals surface area (Å²) in [6, 6.07) is 2.44. The third-order valence-corrected chi connectivity index (χ3v) is 3.76. The van der Waals surface area contributed by atoms with Crippen molar-refractivity contribution in [1.82, 2.24) is 9.84 Å². The molecule has 1 unspecified atom stereocenters. The van der Waals surface area contributed by atoms with E-state index in [2.05, 4.69) is 10.7 Å². The molecule has 0 spiro atoms. The normalized spacial score (nSPS) is 18.7. The third kappa shape index (κ3) is 4.72. The molecule has 0 aromatic heterocycles. The van der Waals surface area contributed by atoms with Gasteiger partial charge in [-0.05, 0) is 19.9 Å². The minimum atomic E-state index is -0.649. The highest BCUT2D eigenvalue weighted by Crippen LogP contribution is 2.32. The second-order valence-electron chi connectivity index (χ2n) is 5.01. The molecule has 1 heterocycles. The maximum Gasteiger partial charge on any atom is 0.299 e. The SMILES string of the molecule is CC(C)Oc1cc(NC(=O)SN2CC(O)CN2)c(F)cc1Cl. The van der Waals surface area contributed by atoms with Gasteiger partial charge in [0.2, 0.25) is 0 Å². The molecule has 1 aromatic rings. The number of rotatable bonds is 4. The predicted octanol–water partition coefficient (Wildman–Crippen LogP) is 2.63. The summed E-state index contributed by atoms with van der Waals surface area (Å²) < 4.78 is 20.8. The highest BCUT2D eigenvalue weighted by atomic mass is 35.5. The van der Waals surface area contributed by atoms with Gasteiger partial charge in [0.05, 0.1) is 29.5 Å². The number of carbonyl (C=O) groups is 1. The van der Waals surface area contributed by atoms with E-state index in [-0.39, 0.29) is 16.8 Å². The van der Waals surface area contributed by atoms with Crippen LogP contribution in [-0.2, 0) is 0 Å². The molecule has 6 nitrogen and oxygen atoms in total. The first-order chi connectivity index (χ1) is 10.3. The average molecular weight is 350 g/mol. The van der Waals surface area contributed by atoms with Crippen molar-refractivity contribution in [3.8, 4) is 5.75 Å². The molecule has 1 amide bonds. The Balaban J connectivity index is 2.03. The lowest BCUT2D eigenvalue weighted by Crippen LogP contribution is -2.26. The number of ether oxygens (including phenoxy) is 1. The number of aliphatic hydroxyl groups excluding tert-OH is 1. The average Bonchev–Trinajstić information content (AvgIpc) is 2.80. The number of hydrogen-bond acceptors (Lipinski definition) is 6. The van der Waals surface area contributed by atoms with Gasteiger partial charge in [0.25, 0.3) is 5.24 Å². The van der Waals surface area contributed by atoms with Crippen LogP contribution in [0.25, 0.3) is 0 Å². The lowest BCUT2D eigenvalue weighted by Gasteiger charge is -2.15. The van der Waals surface area contributed by atoms with E-state index in [9.17, 15) is 14.3 Å². The van der Waals surface area contributed by atoms with Crippen LogP contribution in [0, 0.1) is 5.82 Å². The summed E-state index contributed by atoms with van der Waals surface area (Å²) in [5, 5.41) is 11.4. The summed E-state index contributed by atoms with van der Waals surface area (Å²) in [4.78, 5) is 11.9. The highest BCUT2D eigenvalue weighted by Gasteiger charge is 2.23. The van der Waals surface area contributed by atoms with Crippen LogP contribution in [0.15, 0.2) is 12.1 Å². The smallest absolute Gasteiger partial charge is 0.299 e. The molecule has 122 valence electrons. The topological polar surface area (TPSA) is 73.8 Å². The number of β-amino-alcohol motifs (C(OH)–C–C–N with tert-alkyl or cyclic N) is 1. The molecular formula is C13H17ClFN3O3S. The Morgan fingerprint density at radius 2 is 2.36 bits per heavy atom. The molecule has 9 heteroatoms. The number of benzene rings is 1. The summed E-state index contributed by atoms with van der Waals surface area (Å²) in [6.07, 6.45) is -0.658. The van der Waals surface area contributed by atoms with Crippen LogP contribution >= 0.6 is 23.5 Å². The number of nitrogens with one attached hydrogen (secondary N) is 2. The molecule has 1 aliphatic heterocycles. The van der Waals surface area contributed by atoms with Gasteiger partial charge in [-0.15, -0.1) is 0 Å². The van der Waals surface area contributed by atoms with Crippen LogP contribution in [0.1, 0.15) is 13.8 Å². The molecule has 0 radical (unpaired) electrons. The Bertz CT molecular complexity index is 562. The number of nitrogens with zero attached hydrogens (tertiary/aromatic N) is 1. The number of hydrogen-bond donors (Lipinski definition) is 3.